The van der Waals surface area contributed by atoms with Crippen molar-refractivity contribution in [2.24, 2.45) is 0 Å². The predicted molar refractivity (Wildman–Crippen MR) is 69.7 cm³/mol. The summed E-state index contributed by atoms with van der Waals surface area (Å²) in [6, 6.07) is 3.31. The molecule has 0 aliphatic carbocycles. The molecular formula is C13H17NO7. The maximum absolute atomic E-state index is 11.7. The highest BCUT2D eigenvalue weighted by Crippen LogP contribution is 2.19. The third-order valence-electron chi connectivity index (χ3n) is 3.12. The Hall–Kier alpha value is -1.71. The highest BCUT2D eigenvalue weighted by atomic mass is 16.6. The Morgan fingerprint density at radius 3 is 2.67 bits per heavy atom. The number of ether oxygens (including phenoxy) is 1. The van der Waals surface area contributed by atoms with Gasteiger partial charge in [0, 0.05) is 6.08 Å². The first-order chi connectivity index (χ1) is 10.0. The van der Waals surface area contributed by atoms with Crippen molar-refractivity contribution in [2.45, 2.75) is 30.6 Å². The van der Waals surface area contributed by atoms with Gasteiger partial charge in [0.1, 0.15) is 30.2 Å². The van der Waals surface area contributed by atoms with Gasteiger partial charge in [-0.2, -0.15) is 0 Å². The summed E-state index contributed by atoms with van der Waals surface area (Å²) in [5.41, 5.74) is 0. The minimum atomic E-state index is -1.53. The molecule has 21 heavy (non-hydrogen) atoms. The van der Waals surface area contributed by atoms with Gasteiger partial charge in [0.05, 0.1) is 12.9 Å². The van der Waals surface area contributed by atoms with Crippen LogP contribution in [-0.4, -0.2) is 63.6 Å². The zero-order valence-corrected chi connectivity index (χ0v) is 11.0. The molecule has 1 aliphatic heterocycles. The van der Waals surface area contributed by atoms with Crippen LogP contribution in [0.15, 0.2) is 28.9 Å². The topological polar surface area (TPSA) is 132 Å². The maximum atomic E-state index is 11.7. The number of furan rings is 1. The zero-order chi connectivity index (χ0) is 15.4. The summed E-state index contributed by atoms with van der Waals surface area (Å²) in [5, 5.41) is 40.3. The summed E-state index contributed by atoms with van der Waals surface area (Å²) < 4.78 is 10.1. The van der Waals surface area contributed by atoms with Crippen molar-refractivity contribution in [1.82, 2.24) is 5.32 Å². The van der Waals surface area contributed by atoms with Crippen LogP contribution in [0.4, 0.5) is 0 Å². The third-order valence-corrected chi connectivity index (χ3v) is 3.12. The van der Waals surface area contributed by atoms with E-state index in [9.17, 15) is 20.1 Å². The second-order valence-corrected chi connectivity index (χ2v) is 4.61. The highest BCUT2D eigenvalue weighted by Gasteiger charge is 2.43. The first-order valence-electron chi connectivity index (χ1n) is 6.35. The van der Waals surface area contributed by atoms with E-state index in [1.54, 1.807) is 12.1 Å². The minimum Gasteiger partial charge on any atom is -0.465 e. The summed E-state index contributed by atoms with van der Waals surface area (Å²) in [4.78, 5) is 11.7. The Kier molecular flexibility index (Phi) is 5.10. The fourth-order valence-electron chi connectivity index (χ4n) is 1.95. The Labute approximate surface area is 120 Å². The van der Waals surface area contributed by atoms with E-state index in [0.717, 1.165) is 0 Å². The lowest BCUT2D eigenvalue weighted by molar-refractivity contribution is -0.235. The molecule has 0 saturated carbocycles. The van der Waals surface area contributed by atoms with Crippen LogP contribution in [0, 0.1) is 0 Å². The number of carbonyl (C=O) groups is 1. The lowest BCUT2D eigenvalue weighted by atomic mass is 9.98. The quantitative estimate of drug-likeness (QED) is 0.415. The molecule has 2 rings (SSSR count). The van der Waals surface area contributed by atoms with E-state index in [2.05, 4.69) is 5.32 Å². The molecule has 1 amide bonds. The smallest absolute Gasteiger partial charge is 0.246 e. The van der Waals surface area contributed by atoms with Crippen molar-refractivity contribution in [3.8, 4) is 0 Å². The number of aliphatic hydroxyl groups excluding tert-OH is 4. The number of hydrogen-bond donors (Lipinski definition) is 5. The molecule has 1 saturated heterocycles. The number of aliphatic hydroxyl groups is 4. The lowest BCUT2D eigenvalue weighted by Crippen LogP contribution is -2.63. The first kappa shape index (κ1) is 15.7. The van der Waals surface area contributed by atoms with E-state index < -0.39 is 43.2 Å². The molecule has 1 fully saturated rings. The predicted octanol–water partition coefficient (Wildman–Crippen LogP) is -1.79. The van der Waals surface area contributed by atoms with Crippen LogP contribution in [0.5, 0.6) is 0 Å². The summed E-state index contributed by atoms with van der Waals surface area (Å²) in [6.07, 6.45) is -2.78. The van der Waals surface area contributed by atoms with Crippen molar-refractivity contribution in [1.29, 1.82) is 0 Å². The Morgan fingerprint density at radius 2 is 2.05 bits per heavy atom. The van der Waals surface area contributed by atoms with Gasteiger partial charge in [-0.05, 0) is 18.2 Å². The lowest BCUT2D eigenvalue weighted by Gasteiger charge is -2.39. The van der Waals surface area contributed by atoms with Crippen LogP contribution in [0.25, 0.3) is 6.08 Å². The monoisotopic (exact) mass is 299 g/mol. The first-order valence-corrected chi connectivity index (χ1v) is 6.35. The van der Waals surface area contributed by atoms with Crippen LogP contribution < -0.4 is 5.32 Å². The number of nitrogens with one attached hydrogen (secondary N) is 1. The molecule has 2 heterocycles. The van der Waals surface area contributed by atoms with E-state index >= 15 is 0 Å². The van der Waals surface area contributed by atoms with Gasteiger partial charge in [0.15, 0.2) is 6.23 Å². The molecule has 0 unspecified atom stereocenters. The molecule has 0 radical (unpaired) electrons. The van der Waals surface area contributed by atoms with Gasteiger partial charge in [0.25, 0.3) is 0 Å². The number of amides is 1. The van der Waals surface area contributed by atoms with Crippen molar-refractivity contribution < 1.29 is 34.4 Å². The Bertz CT molecular complexity index is 485. The minimum absolute atomic E-state index is 0.471. The molecule has 5 N–H and O–H groups in total. The highest BCUT2D eigenvalue weighted by molar-refractivity contribution is 5.91. The molecule has 8 nitrogen and oxygen atoms in total. The Morgan fingerprint density at radius 1 is 1.29 bits per heavy atom. The van der Waals surface area contributed by atoms with E-state index in [1.807, 2.05) is 0 Å². The van der Waals surface area contributed by atoms with Crippen LogP contribution >= 0.6 is 0 Å². The molecule has 5 atom stereocenters. The molecule has 0 bridgehead atoms. The summed E-state index contributed by atoms with van der Waals surface area (Å²) >= 11 is 0. The van der Waals surface area contributed by atoms with E-state index in [0.29, 0.717) is 5.76 Å². The number of hydrogen-bond acceptors (Lipinski definition) is 7. The normalized spacial score (nSPS) is 33.2. The van der Waals surface area contributed by atoms with Crippen LogP contribution in [0.1, 0.15) is 5.76 Å². The average Bonchev–Trinajstić information content (AvgIpc) is 2.99. The molecule has 1 aromatic rings. The SMILES string of the molecule is O=C(C=Cc1ccco1)N[C@@H]1O[C@H](CO)[C@@H](O)[C@H](O)[C@H]1O. The van der Waals surface area contributed by atoms with Crippen molar-refractivity contribution in [3.05, 3.63) is 30.2 Å². The average molecular weight is 299 g/mol. The van der Waals surface area contributed by atoms with Crippen LogP contribution in [-0.2, 0) is 9.53 Å². The summed E-state index contributed by atoms with van der Waals surface area (Å²) in [5.74, 6) is -0.116. The zero-order valence-electron chi connectivity index (χ0n) is 11.0. The second-order valence-electron chi connectivity index (χ2n) is 4.61. The van der Waals surface area contributed by atoms with Crippen LogP contribution in [0.3, 0.4) is 0 Å². The third kappa shape index (κ3) is 3.69. The number of carbonyl (C=O) groups excluding carboxylic acids is 1. The van der Waals surface area contributed by atoms with E-state index in [4.69, 9.17) is 14.3 Å². The molecule has 1 aliphatic rings. The van der Waals surface area contributed by atoms with Gasteiger partial charge in [0.2, 0.25) is 5.91 Å². The largest absolute Gasteiger partial charge is 0.465 e. The molecule has 1 aromatic heterocycles. The molecule has 0 aromatic carbocycles. The molecule has 0 spiro atoms. The van der Waals surface area contributed by atoms with E-state index in [1.165, 1.54) is 18.4 Å². The number of rotatable bonds is 4. The molecule has 116 valence electrons. The van der Waals surface area contributed by atoms with Gasteiger partial charge in [-0.15, -0.1) is 0 Å². The Balaban J connectivity index is 1.96. The standard InChI is InChI=1S/C13H17NO7/c15-6-8-10(17)11(18)12(19)13(21-8)14-9(16)4-3-7-2-1-5-20-7/h1-5,8,10-13,15,17-19H,6H2,(H,14,16)/t8-,10-,11+,12-,13-/m1/s1. The van der Waals surface area contributed by atoms with Gasteiger partial charge in [-0.3, -0.25) is 4.79 Å². The summed E-state index contributed by atoms with van der Waals surface area (Å²) in [7, 11) is 0. The fraction of sp³-hybridized carbons (Fsp3) is 0.462. The van der Waals surface area contributed by atoms with Gasteiger partial charge < -0.3 is 34.9 Å². The van der Waals surface area contributed by atoms with E-state index in [-0.39, 0.29) is 0 Å². The van der Waals surface area contributed by atoms with Gasteiger partial charge >= 0.3 is 0 Å². The van der Waals surface area contributed by atoms with Crippen molar-refractivity contribution in [3.63, 3.8) is 0 Å². The maximum Gasteiger partial charge on any atom is 0.246 e. The van der Waals surface area contributed by atoms with Crippen molar-refractivity contribution >= 4 is 12.0 Å². The molecular weight excluding hydrogens is 282 g/mol. The van der Waals surface area contributed by atoms with Gasteiger partial charge in [-0.25, -0.2) is 0 Å². The van der Waals surface area contributed by atoms with Crippen molar-refractivity contribution in [2.75, 3.05) is 6.61 Å². The summed E-state index contributed by atoms with van der Waals surface area (Å²) in [6.45, 7) is -0.556. The van der Waals surface area contributed by atoms with Crippen LogP contribution in [0.2, 0.25) is 0 Å². The van der Waals surface area contributed by atoms with Gasteiger partial charge in [-0.1, -0.05) is 0 Å². The second kappa shape index (κ2) is 6.83. The fourth-order valence-corrected chi connectivity index (χ4v) is 1.95. The molecule has 8 heteroatoms.